The maximum atomic E-state index is 13.0. The Labute approximate surface area is 102 Å². The van der Waals surface area contributed by atoms with E-state index in [9.17, 15) is 9.18 Å². The highest BCUT2D eigenvalue weighted by Crippen LogP contribution is 2.19. The molecule has 0 saturated carbocycles. The molecule has 0 amide bonds. The van der Waals surface area contributed by atoms with Crippen molar-refractivity contribution in [3.8, 4) is 11.5 Å². The number of rotatable bonds is 5. The third-order valence-electron chi connectivity index (χ3n) is 2.21. The number of carboxylic acid groups (broad SMARTS) is 1. The average molecular weight is 250 g/mol. The smallest absolute Gasteiger partial charge is 0.317 e. The van der Waals surface area contributed by atoms with Gasteiger partial charge in [0.05, 0.1) is 12.2 Å². The molecular formula is C12H11FN2O3. The number of carboxylic acids is 1. The van der Waals surface area contributed by atoms with Crippen molar-refractivity contribution in [2.75, 3.05) is 6.54 Å². The Morgan fingerprint density at radius 3 is 3.06 bits per heavy atom. The van der Waals surface area contributed by atoms with Gasteiger partial charge in [0, 0.05) is 12.1 Å². The van der Waals surface area contributed by atoms with E-state index in [1.54, 1.807) is 12.1 Å². The van der Waals surface area contributed by atoms with Crippen LogP contribution in [0, 0.1) is 5.82 Å². The van der Waals surface area contributed by atoms with Crippen LogP contribution in [0.15, 0.2) is 34.9 Å². The summed E-state index contributed by atoms with van der Waals surface area (Å²) >= 11 is 0. The Morgan fingerprint density at radius 1 is 1.50 bits per heavy atom. The predicted octanol–water partition coefficient (Wildman–Crippen LogP) is 1.65. The van der Waals surface area contributed by atoms with Gasteiger partial charge in [0.1, 0.15) is 12.1 Å². The number of hydrogen-bond acceptors (Lipinski definition) is 4. The first-order valence-electron chi connectivity index (χ1n) is 5.28. The molecule has 0 aliphatic heterocycles. The minimum atomic E-state index is -0.941. The van der Waals surface area contributed by atoms with Gasteiger partial charge in [-0.2, -0.15) is 0 Å². The first-order valence-corrected chi connectivity index (χ1v) is 5.28. The largest absolute Gasteiger partial charge is 0.480 e. The lowest BCUT2D eigenvalue weighted by atomic mass is 10.2. The fourth-order valence-electron chi connectivity index (χ4n) is 1.44. The number of oxazole rings is 1. The third kappa shape index (κ3) is 3.14. The number of aliphatic carboxylic acids is 1. The Balaban J connectivity index is 2.04. The van der Waals surface area contributed by atoms with Crippen molar-refractivity contribution in [3.63, 3.8) is 0 Å². The lowest BCUT2D eigenvalue weighted by Crippen LogP contribution is -2.21. The Bertz CT molecular complexity index is 554. The van der Waals surface area contributed by atoms with Crippen molar-refractivity contribution < 1.29 is 18.7 Å². The summed E-state index contributed by atoms with van der Waals surface area (Å²) in [5.74, 6) is -0.998. The van der Waals surface area contributed by atoms with E-state index in [2.05, 4.69) is 10.3 Å². The molecule has 0 saturated heterocycles. The highest BCUT2D eigenvalue weighted by molar-refractivity contribution is 5.68. The van der Waals surface area contributed by atoms with E-state index in [0.717, 1.165) is 0 Å². The summed E-state index contributed by atoms with van der Waals surface area (Å²) in [5.41, 5.74) is 1.11. The van der Waals surface area contributed by atoms with Gasteiger partial charge in [-0.05, 0) is 18.2 Å². The van der Waals surface area contributed by atoms with Gasteiger partial charge in [-0.3, -0.25) is 4.79 Å². The van der Waals surface area contributed by atoms with E-state index in [0.29, 0.717) is 17.1 Å². The molecule has 0 spiro atoms. The second-order valence-corrected chi connectivity index (χ2v) is 3.65. The van der Waals surface area contributed by atoms with Crippen LogP contribution < -0.4 is 5.32 Å². The molecule has 0 unspecified atom stereocenters. The Kier molecular flexibility index (Phi) is 3.69. The summed E-state index contributed by atoms with van der Waals surface area (Å²) < 4.78 is 18.2. The summed E-state index contributed by atoms with van der Waals surface area (Å²) in [6.07, 6.45) is 1.41. The minimum absolute atomic E-state index is 0.151. The molecule has 1 aromatic heterocycles. The molecule has 6 heteroatoms. The van der Waals surface area contributed by atoms with Gasteiger partial charge in [-0.25, -0.2) is 9.37 Å². The molecule has 0 bridgehead atoms. The van der Waals surface area contributed by atoms with Crippen molar-refractivity contribution in [2.45, 2.75) is 6.54 Å². The third-order valence-corrected chi connectivity index (χ3v) is 2.21. The molecule has 0 atom stereocenters. The van der Waals surface area contributed by atoms with Crippen LogP contribution in [0.4, 0.5) is 4.39 Å². The highest BCUT2D eigenvalue weighted by atomic mass is 19.1. The van der Waals surface area contributed by atoms with Gasteiger partial charge in [-0.1, -0.05) is 6.07 Å². The molecule has 2 N–H and O–H groups in total. The predicted molar refractivity (Wildman–Crippen MR) is 61.2 cm³/mol. The van der Waals surface area contributed by atoms with Crippen molar-refractivity contribution in [1.82, 2.24) is 10.3 Å². The van der Waals surface area contributed by atoms with E-state index in [-0.39, 0.29) is 18.9 Å². The molecule has 18 heavy (non-hydrogen) atoms. The topological polar surface area (TPSA) is 75.4 Å². The quantitative estimate of drug-likeness (QED) is 0.844. The monoisotopic (exact) mass is 250 g/mol. The fourth-order valence-corrected chi connectivity index (χ4v) is 1.44. The molecule has 0 radical (unpaired) electrons. The number of aromatic nitrogens is 1. The van der Waals surface area contributed by atoms with Crippen LogP contribution in [-0.2, 0) is 11.3 Å². The van der Waals surface area contributed by atoms with Crippen molar-refractivity contribution in [3.05, 3.63) is 42.0 Å². The van der Waals surface area contributed by atoms with E-state index in [4.69, 9.17) is 9.52 Å². The number of halogens is 1. The molecule has 0 aliphatic rings. The first-order chi connectivity index (χ1) is 8.65. The van der Waals surface area contributed by atoms with Crippen molar-refractivity contribution in [1.29, 1.82) is 0 Å². The zero-order valence-electron chi connectivity index (χ0n) is 9.39. The van der Waals surface area contributed by atoms with Gasteiger partial charge in [0.25, 0.3) is 0 Å². The van der Waals surface area contributed by atoms with Gasteiger partial charge < -0.3 is 14.8 Å². The van der Waals surface area contributed by atoms with Crippen LogP contribution >= 0.6 is 0 Å². The highest BCUT2D eigenvalue weighted by Gasteiger charge is 2.07. The van der Waals surface area contributed by atoms with E-state index < -0.39 is 5.97 Å². The van der Waals surface area contributed by atoms with Crippen LogP contribution in [0.2, 0.25) is 0 Å². The number of benzene rings is 1. The molecular weight excluding hydrogens is 239 g/mol. The molecule has 0 aliphatic carbocycles. The van der Waals surface area contributed by atoms with Crippen LogP contribution in [-0.4, -0.2) is 22.6 Å². The van der Waals surface area contributed by atoms with Crippen LogP contribution in [0.3, 0.4) is 0 Å². The zero-order valence-corrected chi connectivity index (χ0v) is 9.39. The second-order valence-electron chi connectivity index (χ2n) is 3.65. The van der Waals surface area contributed by atoms with E-state index >= 15 is 0 Å². The normalized spacial score (nSPS) is 10.5. The van der Waals surface area contributed by atoms with Gasteiger partial charge in [0.2, 0.25) is 5.89 Å². The molecule has 94 valence electrons. The van der Waals surface area contributed by atoms with Gasteiger partial charge in [0.15, 0.2) is 0 Å². The number of hydrogen-bond donors (Lipinski definition) is 2. The lowest BCUT2D eigenvalue weighted by Gasteiger charge is -1.96. The molecule has 5 nitrogen and oxygen atoms in total. The number of nitrogens with zero attached hydrogens (tertiary/aromatic N) is 1. The van der Waals surface area contributed by atoms with Crippen molar-refractivity contribution in [2.24, 2.45) is 0 Å². The number of carbonyl (C=O) groups is 1. The van der Waals surface area contributed by atoms with Crippen LogP contribution in [0.1, 0.15) is 5.69 Å². The molecule has 2 rings (SSSR count). The Hall–Kier alpha value is -2.21. The SMILES string of the molecule is O=C(O)CNCc1coc(-c2cccc(F)c2)n1. The summed E-state index contributed by atoms with van der Waals surface area (Å²) in [4.78, 5) is 14.4. The summed E-state index contributed by atoms with van der Waals surface area (Å²) in [5, 5.41) is 11.1. The molecule has 1 heterocycles. The second kappa shape index (κ2) is 5.42. The molecule has 1 aromatic carbocycles. The molecule has 0 fully saturated rings. The van der Waals surface area contributed by atoms with E-state index in [1.807, 2.05) is 0 Å². The summed E-state index contributed by atoms with van der Waals surface area (Å²) in [6.45, 7) is 0.132. The summed E-state index contributed by atoms with van der Waals surface area (Å²) in [6, 6.07) is 5.91. The van der Waals surface area contributed by atoms with Crippen LogP contribution in [0.5, 0.6) is 0 Å². The average Bonchev–Trinajstić information content (AvgIpc) is 2.77. The Morgan fingerprint density at radius 2 is 2.33 bits per heavy atom. The lowest BCUT2D eigenvalue weighted by molar-refractivity contribution is -0.136. The fraction of sp³-hybridized carbons (Fsp3) is 0.167. The van der Waals surface area contributed by atoms with Crippen LogP contribution in [0.25, 0.3) is 11.5 Å². The van der Waals surface area contributed by atoms with Crippen molar-refractivity contribution >= 4 is 5.97 Å². The maximum Gasteiger partial charge on any atom is 0.317 e. The summed E-state index contributed by atoms with van der Waals surface area (Å²) in [7, 11) is 0. The maximum absolute atomic E-state index is 13.0. The minimum Gasteiger partial charge on any atom is -0.480 e. The van der Waals surface area contributed by atoms with E-state index in [1.165, 1.54) is 18.4 Å². The number of nitrogens with one attached hydrogen (secondary N) is 1. The van der Waals surface area contributed by atoms with Gasteiger partial charge >= 0.3 is 5.97 Å². The zero-order chi connectivity index (χ0) is 13.0. The molecule has 2 aromatic rings. The standard InChI is InChI=1S/C12H11FN2O3/c13-9-3-1-2-8(4-9)12-15-10(7-18-12)5-14-6-11(16)17/h1-4,7,14H,5-6H2,(H,16,17). The van der Waals surface area contributed by atoms with Gasteiger partial charge in [-0.15, -0.1) is 0 Å². The first kappa shape index (κ1) is 12.3.